The number of furan rings is 1. The summed E-state index contributed by atoms with van der Waals surface area (Å²) < 4.78 is 11.6. The van der Waals surface area contributed by atoms with Gasteiger partial charge in [0.1, 0.15) is 11.2 Å². The molecule has 3 nitrogen and oxygen atoms in total. The highest BCUT2D eigenvalue weighted by Gasteiger charge is 2.26. The SMILES string of the molecule is c1ccc(-c2cccc(-n3c4c(ccc5oc6ccccc6c54)c4ccc5c(c6ccccc6n5-c5ccc6c7c(cccc57)-c5ccccc5-6)c43)c2)cc1. The van der Waals surface area contributed by atoms with E-state index in [4.69, 9.17) is 4.42 Å². The van der Waals surface area contributed by atoms with Gasteiger partial charge in [-0.2, -0.15) is 0 Å². The Morgan fingerprint density at radius 1 is 0.327 bits per heavy atom. The van der Waals surface area contributed by atoms with Crippen LogP contribution in [0.1, 0.15) is 0 Å². The van der Waals surface area contributed by atoms with Crippen LogP contribution in [0.2, 0.25) is 0 Å². The van der Waals surface area contributed by atoms with Crippen LogP contribution in [0.15, 0.2) is 186 Å². The molecule has 12 aromatic rings. The van der Waals surface area contributed by atoms with E-state index in [1.165, 1.54) is 87.9 Å². The Morgan fingerprint density at radius 3 is 1.85 bits per heavy atom. The van der Waals surface area contributed by atoms with Crippen LogP contribution < -0.4 is 0 Å². The first-order valence-electron chi connectivity index (χ1n) is 18.9. The lowest BCUT2D eigenvalue weighted by molar-refractivity contribution is 0.669. The number of nitrogens with zero attached hydrogens (tertiary/aromatic N) is 2. The molecule has 0 unspecified atom stereocenters. The Kier molecular flexibility index (Phi) is 5.63. The van der Waals surface area contributed by atoms with E-state index >= 15 is 0 Å². The van der Waals surface area contributed by atoms with Gasteiger partial charge < -0.3 is 13.6 Å². The molecular weight excluding hydrogens is 669 g/mol. The van der Waals surface area contributed by atoms with E-state index < -0.39 is 0 Å². The predicted octanol–water partition coefficient (Wildman–Crippen LogP) is 14.2. The van der Waals surface area contributed by atoms with Crippen LogP contribution in [0.4, 0.5) is 0 Å². The molecule has 55 heavy (non-hydrogen) atoms. The van der Waals surface area contributed by atoms with E-state index in [9.17, 15) is 0 Å². The summed E-state index contributed by atoms with van der Waals surface area (Å²) in [6.07, 6.45) is 0. The van der Waals surface area contributed by atoms with Crippen LogP contribution in [0, 0.1) is 0 Å². The first-order valence-corrected chi connectivity index (χ1v) is 18.9. The van der Waals surface area contributed by atoms with Gasteiger partial charge in [-0.25, -0.2) is 0 Å². The number of hydrogen-bond donors (Lipinski definition) is 0. The van der Waals surface area contributed by atoms with Gasteiger partial charge in [-0.3, -0.25) is 0 Å². The van der Waals surface area contributed by atoms with Gasteiger partial charge in [0.25, 0.3) is 0 Å². The van der Waals surface area contributed by atoms with Crippen molar-refractivity contribution in [1.29, 1.82) is 0 Å². The molecule has 0 atom stereocenters. The Balaban J connectivity index is 1.21. The summed E-state index contributed by atoms with van der Waals surface area (Å²) in [5, 5.41) is 9.75. The molecule has 0 amide bonds. The number of rotatable bonds is 3. The van der Waals surface area contributed by atoms with Gasteiger partial charge >= 0.3 is 0 Å². The Morgan fingerprint density at radius 2 is 0.982 bits per heavy atom. The smallest absolute Gasteiger partial charge is 0.137 e. The zero-order chi connectivity index (χ0) is 35.8. The third-order valence-corrected chi connectivity index (χ3v) is 12.0. The highest BCUT2D eigenvalue weighted by molar-refractivity contribution is 6.31. The zero-order valence-electron chi connectivity index (χ0n) is 29.6. The topological polar surface area (TPSA) is 23.0 Å². The molecule has 9 aromatic carbocycles. The molecule has 1 aliphatic carbocycles. The van der Waals surface area contributed by atoms with E-state index in [0.29, 0.717) is 0 Å². The fraction of sp³-hybridized carbons (Fsp3) is 0. The molecule has 3 aromatic heterocycles. The second-order valence-corrected chi connectivity index (χ2v) is 14.8. The first-order chi connectivity index (χ1) is 27.3. The van der Waals surface area contributed by atoms with Crippen molar-refractivity contribution in [2.45, 2.75) is 0 Å². The van der Waals surface area contributed by atoms with Crippen LogP contribution in [-0.2, 0) is 0 Å². The number of hydrogen-bond acceptors (Lipinski definition) is 1. The van der Waals surface area contributed by atoms with Gasteiger partial charge in [-0.15, -0.1) is 0 Å². The predicted molar refractivity (Wildman–Crippen MR) is 230 cm³/mol. The minimum absolute atomic E-state index is 0.893. The first kappa shape index (κ1) is 29.1. The van der Waals surface area contributed by atoms with Crippen molar-refractivity contribution in [2.75, 3.05) is 0 Å². The molecule has 3 heterocycles. The number of benzene rings is 9. The second-order valence-electron chi connectivity index (χ2n) is 14.8. The fourth-order valence-corrected chi connectivity index (χ4v) is 9.81. The summed E-state index contributed by atoms with van der Waals surface area (Å²) in [7, 11) is 0. The highest BCUT2D eigenvalue weighted by Crippen LogP contribution is 2.50. The molecule has 3 heteroatoms. The van der Waals surface area contributed by atoms with Crippen molar-refractivity contribution >= 4 is 76.3 Å². The van der Waals surface area contributed by atoms with E-state index in [1.54, 1.807) is 0 Å². The maximum absolute atomic E-state index is 6.53. The zero-order valence-corrected chi connectivity index (χ0v) is 29.6. The Hall–Kier alpha value is -7.36. The lowest BCUT2D eigenvalue weighted by atomic mass is 10.0. The standard InChI is InChI=1S/C52H30N2O/c1-2-12-31(13-3-1)32-14-10-15-33(30-32)53-51-38(39-26-29-47-50(52(39)53)42-19-7-9-23-46(42)55-47)25-28-45-49(51)41-18-6-8-22-43(41)54(45)44-27-24-37-35-17-5-4-16-34(35)36-20-11-21-40(44)48(36)37/h1-30H. The molecule has 0 bridgehead atoms. The second kappa shape index (κ2) is 10.6. The van der Waals surface area contributed by atoms with Gasteiger partial charge in [0, 0.05) is 38.0 Å². The molecule has 0 spiro atoms. The average molecular weight is 699 g/mol. The Labute approximate surface area is 315 Å². The lowest BCUT2D eigenvalue weighted by Crippen LogP contribution is -1.97. The summed E-state index contributed by atoms with van der Waals surface area (Å²) in [6.45, 7) is 0. The molecule has 0 saturated carbocycles. The van der Waals surface area contributed by atoms with E-state index in [-0.39, 0.29) is 0 Å². The molecule has 1 aliphatic rings. The lowest BCUT2D eigenvalue weighted by Gasteiger charge is -2.14. The molecule has 0 aliphatic heterocycles. The molecule has 13 rings (SSSR count). The van der Waals surface area contributed by atoms with Crippen LogP contribution in [0.5, 0.6) is 0 Å². The van der Waals surface area contributed by atoms with Crippen LogP contribution in [0.3, 0.4) is 0 Å². The van der Waals surface area contributed by atoms with E-state index in [1.807, 2.05) is 0 Å². The van der Waals surface area contributed by atoms with Crippen LogP contribution in [-0.4, -0.2) is 9.13 Å². The molecular formula is C52H30N2O. The van der Waals surface area contributed by atoms with Crippen LogP contribution in [0.25, 0.3) is 121 Å². The molecule has 254 valence electrons. The number of para-hydroxylation sites is 2. The van der Waals surface area contributed by atoms with Gasteiger partial charge in [0.15, 0.2) is 0 Å². The third-order valence-electron chi connectivity index (χ3n) is 12.0. The van der Waals surface area contributed by atoms with Crippen molar-refractivity contribution in [1.82, 2.24) is 9.13 Å². The minimum Gasteiger partial charge on any atom is -0.456 e. The van der Waals surface area contributed by atoms with Crippen LogP contribution >= 0.6 is 0 Å². The van der Waals surface area contributed by atoms with Crippen molar-refractivity contribution in [3.63, 3.8) is 0 Å². The monoisotopic (exact) mass is 698 g/mol. The molecule has 0 radical (unpaired) electrons. The summed E-state index contributed by atoms with van der Waals surface area (Å²) in [4.78, 5) is 0. The van der Waals surface area contributed by atoms with Gasteiger partial charge in [0.05, 0.1) is 33.1 Å². The Bertz CT molecular complexity index is 3570. The summed E-state index contributed by atoms with van der Waals surface area (Å²) in [5.41, 5.74) is 16.4. The fourth-order valence-electron chi connectivity index (χ4n) is 9.81. The largest absolute Gasteiger partial charge is 0.456 e. The molecule has 0 fully saturated rings. The maximum atomic E-state index is 6.53. The minimum atomic E-state index is 0.893. The van der Waals surface area contributed by atoms with Crippen molar-refractivity contribution in [2.24, 2.45) is 0 Å². The van der Waals surface area contributed by atoms with Crippen molar-refractivity contribution < 1.29 is 4.42 Å². The summed E-state index contributed by atoms with van der Waals surface area (Å²) in [6, 6.07) is 66.4. The van der Waals surface area contributed by atoms with Crippen molar-refractivity contribution in [3.8, 4) is 44.8 Å². The average Bonchev–Trinajstić information content (AvgIpc) is 3.99. The molecule has 0 N–H and O–H groups in total. The van der Waals surface area contributed by atoms with Gasteiger partial charge in [-0.05, 0) is 87.3 Å². The van der Waals surface area contributed by atoms with Gasteiger partial charge in [0.2, 0.25) is 0 Å². The summed E-state index contributed by atoms with van der Waals surface area (Å²) >= 11 is 0. The van der Waals surface area contributed by atoms with Crippen molar-refractivity contribution in [3.05, 3.63) is 182 Å². The highest BCUT2D eigenvalue weighted by atomic mass is 16.3. The normalized spacial score (nSPS) is 12.4. The maximum Gasteiger partial charge on any atom is 0.137 e. The van der Waals surface area contributed by atoms with E-state index in [0.717, 1.165) is 33.1 Å². The number of aromatic nitrogens is 2. The molecule has 0 saturated heterocycles. The number of fused-ring (bicyclic) bond motifs is 14. The van der Waals surface area contributed by atoms with E-state index in [2.05, 4.69) is 191 Å². The summed E-state index contributed by atoms with van der Waals surface area (Å²) in [5.74, 6) is 0. The quantitative estimate of drug-likeness (QED) is 0.180. The third kappa shape index (κ3) is 3.79. The van der Waals surface area contributed by atoms with Gasteiger partial charge in [-0.1, -0.05) is 133 Å².